The van der Waals surface area contributed by atoms with Crippen molar-refractivity contribution in [3.05, 3.63) is 36.0 Å². The van der Waals surface area contributed by atoms with Crippen molar-refractivity contribution in [3.8, 4) is 0 Å². The maximum absolute atomic E-state index is 10.7. The maximum Gasteiger partial charge on any atom is 0.333 e. The molecule has 0 bridgehead atoms. The predicted molar refractivity (Wildman–Crippen MR) is 60.8 cm³/mol. The molecule has 5 nitrogen and oxygen atoms in total. The van der Waals surface area contributed by atoms with Gasteiger partial charge >= 0.3 is 10.3 Å². The summed E-state index contributed by atoms with van der Waals surface area (Å²) in [7, 11) is -1.97. The summed E-state index contributed by atoms with van der Waals surface area (Å²) in [6, 6.07) is 7.53. The normalized spacial score (nSPS) is 12.1. The molecule has 0 radical (unpaired) electrons. The number of aromatic nitrogens is 1. The van der Waals surface area contributed by atoms with Gasteiger partial charge in [-0.15, -0.1) is 0 Å². The number of rotatable bonds is 3. The number of fused-ring (bicyclic) bond motifs is 1. The van der Waals surface area contributed by atoms with E-state index in [1.165, 1.54) is 0 Å². The molecular formula is C10H12N2O3S. The van der Waals surface area contributed by atoms with Gasteiger partial charge in [-0.05, 0) is 17.7 Å². The summed E-state index contributed by atoms with van der Waals surface area (Å²) >= 11 is 0. The third kappa shape index (κ3) is 2.24. The lowest BCUT2D eigenvalue weighted by Crippen LogP contribution is -2.15. The molecule has 0 atom stereocenters. The fourth-order valence-electron chi connectivity index (χ4n) is 1.64. The Morgan fingerprint density at radius 3 is 2.81 bits per heavy atom. The summed E-state index contributed by atoms with van der Waals surface area (Å²) in [6.07, 6.45) is 1.91. The number of benzene rings is 1. The SMILES string of the molecule is Cn1ccc2c(COS(N)(=O)=O)cccc21. The van der Waals surface area contributed by atoms with Crippen molar-refractivity contribution in [2.24, 2.45) is 12.2 Å². The van der Waals surface area contributed by atoms with Crippen LogP contribution in [-0.2, 0) is 28.1 Å². The first-order valence-electron chi connectivity index (χ1n) is 4.67. The van der Waals surface area contributed by atoms with Crippen LogP contribution >= 0.6 is 0 Å². The Kier molecular flexibility index (Phi) is 2.71. The minimum absolute atomic E-state index is 0.0415. The first-order chi connectivity index (χ1) is 7.47. The highest BCUT2D eigenvalue weighted by Gasteiger charge is 2.07. The lowest BCUT2D eigenvalue weighted by molar-refractivity contribution is 0.310. The van der Waals surface area contributed by atoms with E-state index in [-0.39, 0.29) is 6.61 Å². The Morgan fingerprint density at radius 1 is 1.38 bits per heavy atom. The summed E-state index contributed by atoms with van der Waals surface area (Å²) in [6.45, 7) is -0.0415. The van der Waals surface area contributed by atoms with Gasteiger partial charge in [-0.2, -0.15) is 8.42 Å². The van der Waals surface area contributed by atoms with Crippen LogP contribution in [0.1, 0.15) is 5.56 Å². The zero-order chi connectivity index (χ0) is 11.8. The van der Waals surface area contributed by atoms with Crippen LogP contribution < -0.4 is 5.14 Å². The van der Waals surface area contributed by atoms with E-state index in [1.807, 2.05) is 42.1 Å². The summed E-state index contributed by atoms with van der Waals surface area (Å²) in [5.41, 5.74) is 1.82. The van der Waals surface area contributed by atoms with Crippen LogP contribution in [0.25, 0.3) is 10.9 Å². The fourth-order valence-corrected chi connectivity index (χ4v) is 1.93. The average molecular weight is 240 g/mol. The number of aryl methyl sites for hydroxylation is 1. The molecule has 1 heterocycles. The van der Waals surface area contributed by atoms with Crippen molar-refractivity contribution in [2.45, 2.75) is 6.61 Å². The molecule has 86 valence electrons. The van der Waals surface area contributed by atoms with E-state index >= 15 is 0 Å². The summed E-state index contributed by atoms with van der Waals surface area (Å²) < 4.78 is 27.9. The molecular weight excluding hydrogens is 228 g/mol. The Bertz CT molecular complexity index is 616. The molecule has 16 heavy (non-hydrogen) atoms. The van der Waals surface area contributed by atoms with Crippen LogP contribution in [0.3, 0.4) is 0 Å². The van der Waals surface area contributed by atoms with Crippen molar-refractivity contribution in [1.82, 2.24) is 4.57 Å². The van der Waals surface area contributed by atoms with Crippen LogP contribution in [-0.4, -0.2) is 13.0 Å². The first-order valence-corrected chi connectivity index (χ1v) is 6.14. The lowest BCUT2D eigenvalue weighted by Gasteiger charge is -2.03. The number of nitrogens with two attached hydrogens (primary N) is 1. The molecule has 0 saturated heterocycles. The van der Waals surface area contributed by atoms with E-state index in [1.54, 1.807) is 0 Å². The van der Waals surface area contributed by atoms with Crippen molar-refractivity contribution < 1.29 is 12.6 Å². The molecule has 6 heteroatoms. The van der Waals surface area contributed by atoms with Gasteiger partial charge in [0, 0.05) is 24.1 Å². The molecule has 0 saturated carbocycles. The van der Waals surface area contributed by atoms with Gasteiger partial charge in [0.25, 0.3) is 0 Å². The highest BCUT2D eigenvalue weighted by atomic mass is 32.2. The second kappa shape index (κ2) is 3.89. The van der Waals surface area contributed by atoms with E-state index in [2.05, 4.69) is 4.18 Å². The minimum Gasteiger partial charge on any atom is -0.351 e. The van der Waals surface area contributed by atoms with Crippen LogP contribution in [0.5, 0.6) is 0 Å². The number of hydrogen-bond donors (Lipinski definition) is 1. The monoisotopic (exact) mass is 240 g/mol. The van der Waals surface area contributed by atoms with Gasteiger partial charge in [0.1, 0.15) is 0 Å². The van der Waals surface area contributed by atoms with E-state index in [4.69, 9.17) is 5.14 Å². The summed E-state index contributed by atoms with van der Waals surface area (Å²) in [5, 5.41) is 5.74. The van der Waals surface area contributed by atoms with E-state index in [0.717, 1.165) is 16.5 Å². The van der Waals surface area contributed by atoms with Gasteiger partial charge in [-0.3, -0.25) is 4.18 Å². The van der Waals surface area contributed by atoms with Crippen LogP contribution in [0.2, 0.25) is 0 Å². The Hall–Kier alpha value is -1.37. The molecule has 0 aliphatic rings. The Balaban J connectivity index is 2.38. The zero-order valence-corrected chi connectivity index (χ0v) is 9.57. The van der Waals surface area contributed by atoms with Crippen LogP contribution in [0.15, 0.2) is 30.5 Å². The molecule has 0 aliphatic heterocycles. The molecule has 0 fully saturated rings. The largest absolute Gasteiger partial charge is 0.351 e. The van der Waals surface area contributed by atoms with Gasteiger partial charge < -0.3 is 4.57 Å². The van der Waals surface area contributed by atoms with Gasteiger partial charge in [0.15, 0.2) is 0 Å². The third-order valence-electron chi connectivity index (χ3n) is 2.40. The van der Waals surface area contributed by atoms with Crippen molar-refractivity contribution in [1.29, 1.82) is 0 Å². The smallest absolute Gasteiger partial charge is 0.333 e. The topological polar surface area (TPSA) is 74.3 Å². The number of nitrogens with zero attached hydrogens (tertiary/aromatic N) is 1. The molecule has 0 aliphatic carbocycles. The summed E-state index contributed by atoms with van der Waals surface area (Å²) in [5.74, 6) is 0. The third-order valence-corrected chi connectivity index (χ3v) is 2.84. The van der Waals surface area contributed by atoms with Gasteiger partial charge in [-0.25, -0.2) is 5.14 Å². The van der Waals surface area contributed by atoms with E-state index in [9.17, 15) is 8.42 Å². The van der Waals surface area contributed by atoms with Crippen molar-refractivity contribution in [2.75, 3.05) is 0 Å². The van der Waals surface area contributed by atoms with Crippen LogP contribution in [0, 0.1) is 0 Å². The second-order valence-electron chi connectivity index (χ2n) is 3.53. The number of hydrogen-bond acceptors (Lipinski definition) is 3. The zero-order valence-electron chi connectivity index (χ0n) is 8.75. The van der Waals surface area contributed by atoms with Crippen molar-refractivity contribution >= 4 is 21.2 Å². The highest BCUT2D eigenvalue weighted by Crippen LogP contribution is 2.20. The maximum atomic E-state index is 10.7. The molecule has 0 unspecified atom stereocenters. The summed E-state index contributed by atoms with van der Waals surface area (Å²) in [4.78, 5) is 0. The molecule has 0 spiro atoms. The minimum atomic E-state index is -3.89. The van der Waals surface area contributed by atoms with Crippen molar-refractivity contribution in [3.63, 3.8) is 0 Å². The fraction of sp³-hybridized carbons (Fsp3) is 0.200. The second-order valence-corrected chi connectivity index (χ2v) is 4.75. The standard InChI is InChI=1S/C10H12N2O3S/c1-12-6-5-9-8(3-2-4-10(9)12)7-15-16(11,13)14/h2-6H,7H2,1H3,(H2,11,13,14). The highest BCUT2D eigenvalue weighted by molar-refractivity contribution is 7.84. The van der Waals surface area contributed by atoms with Gasteiger partial charge in [0.2, 0.25) is 0 Å². The molecule has 2 N–H and O–H groups in total. The molecule has 1 aromatic carbocycles. The van der Waals surface area contributed by atoms with E-state index < -0.39 is 10.3 Å². The average Bonchev–Trinajstić information content (AvgIpc) is 2.57. The van der Waals surface area contributed by atoms with Gasteiger partial charge in [-0.1, -0.05) is 12.1 Å². The quantitative estimate of drug-likeness (QED) is 0.866. The Morgan fingerprint density at radius 2 is 2.12 bits per heavy atom. The molecule has 2 aromatic rings. The van der Waals surface area contributed by atoms with E-state index in [0.29, 0.717) is 0 Å². The lowest BCUT2D eigenvalue weighted by atomic mass is 10.1. The molecule has 1 aromatic heterocycles. The molecule has 2 rings (SSSR count). The first kappa shape index (κ1) is 11.1. The molecule has 0 amide bonds. The van der Waals surface area contributed by atoms with Gasteiger partial charge in [0.05, 0.1) is 6.61 Å². The van der Waals surface area contributed by atoms with Crippen LogP contribution in [0.4, 0.5) is 0 Å². The predicted octanol–water partition coefficient (Wildman–Crippen LogP) is 0.898. The Labute approximate surface area is 93.7 Å².